The summed E-state index contributed by atoms with van der Waals surface area (Å²) < 4.78 is 27.7. The first-order valence-electron chi connectivity index (χ1n) is 6.15. The van der Waals surface area contributed by atoms with Crippen molar-refractivity contribution in [2.75, 3.05) is 13.6 Å². The van der Waals surface area contributed by atoms with E-state index in [4.69, 9.17) is 0 Å². The normalized spacial score (nSPS) is 22.8. The maximum Gasteiger partial charge on any atom is 0.279 e. The second kappa shape index (κ2) is 5.21. The van der Waals surface area contributed by atoms with E-state index in [1.807, 2.05) is 12.1 Å². The Bertz CT molecular complexity index is 699. The van der Waals surface area contributed by atoms with Crippen molar-refractivity contribution in [2.24, 2.45) is 0 Å². The van der Waals surface area contributed by atoms with Crippen LogP contribution in [0.15, 0.2) is 30.9 Å². The van der Waals surface area contributed by atoms with E-state index in [9.17, 15) is 8.42 Å². The Labute approximate surface area is 121 Å². The molecule has 20 heavy (non-hydrogen) atoms. The van der Waals surface area contributed by atoms with Gasteiger partial charge in [0, 0.05) is 41.3 Å². The van der Waals surface area contributed by atoms with Crippen LogP contribution in [0.4, 0.5) is 0 Å². The fourth-order valence-corrected chi connectivity index (χ4v) is 4.35. The molecule has 3 rings (SSSR count). The van der Waals surface area contributed by atoms with Crippen LogP contribution in [0.25, 0.3) is 10.4 Å². The van der Waals surface area contributed by atoms with Gasteiger partial charge in [-0.25, -0.2) is 9.97 Å². The Morgan fingerprint density at radius 2 is 2.10 bits per heavy atom. The van der Waals surface area contributed by atoms with Crippen molar-refractivity contribution in [3.8, 4) is 10.4 Å². The summed E-state index contributed by atoms with van der Waals surface area (Å²) in [4.78, 5) is 10.0. The number of rotatable bonds is 2. The molecule has 2 aromatic heterocycles. The minimum atomic E-state index is -3.35. The molecule has 0 amide bonds. The lowest BCUT2D eigenvalue weighted by atomic mass is 10.2. The monoisotopic (exact) mass is 310 g/mol. The lowest BCUT2D eigenvalue weighted by Crippen LogP contribution is -2.46. The van der Waals surface area contributed by atoms with Crippen LogP contribution < -0.4 is 4.72 Å². The van der Waals surface area contributed by atoms with E-state index in [0.717, 1.165) is 21.7 Å². The smallest absolute Gasteiger partial charge is 0.244 e. The Morgan fingerprint density at radius 3 is 2.80 bits per heavy atom. The molecule has 1 saturated heterocycles. The molecule has 1 aliphatic rings. The van der Waals surface area contributed by atoms with Crippen molar-refractivity contribution in [1.82, 2.24) is 19.0 Å². The van der Waals surface area contributed by atoms with Crippen LogP contribution in [0.2, 0.25) is 0 Å². The van der Waals surface area contributed by atoms with E-state index >= 15 is 0 Å². The predicted octanol–water partition coefficient (Wildman–Crippen LogP) is 1.42. The van der Waals surface area contributed by atoms with Gasteiger partial charge in [0.1, 0.15) is 6.33 Å². The van der Waals surface area contributed by atoms with Crippen molar-refractivity contribution in [2.45, 2.75) is 12.5 Å². The summed E-state index contributed by atoms with van der Waals surface area (Å²) in [5.41, 5.74) is 0.944. The second-order valence-corrected chi connectivity index (χ2v) is 7.54. The quantitative estimate of drug-likeness (QED) is 0.910. The zero-order valence-electron chi connectivity index (χ0n) is 10.9. The van der Waals surface area contributed by atoms with Crippen molar-refractivity contribution in [3.63, 3.8) is 0 Å². The Kier molecular flexibility index (Phi) is 3.55. The van der Waals surface area contributed by atoms with Gasteiger partial charge >= 0.3 is 0 Å². The molecule has 0 bridgehead atoms. The minimum Gasteiger partial charge on any atom is -0.244 e. The van der Waals surface area contributed by atoms with E-state index in [1.54, 1.807) is 30.8 Å². The standard InChI is InChI=1S/C12H14N4O2S2/c1-16-5-4-10(15-20(16,17)18)12-3-2-11(19-12)9-6-13-8-14-7-9/h2-3,6-8,10,15H,4-5H2,1H3/t10-/m0/s1. The molecule has 1 aliphatic heterocycles. The third-order valence-electron chi connectivity index (χ3n) is 3.25. The highest BCUT2D eigenvalue weighted by molar-refractivity contribution is 7.87. The van der Waals surface area contributed by atoms with E-state index in [-0.39, 0.29) is 6.04 Å². The SMILES string of the molecule is CN1CC[C@@H](c2ccc(-c3cncnc3)s2)NS1(=O)=O. The average molecular weight is 310 g/mol. The molecule has 0 saturated carbocycles. The van der Waals surface area contributed by atoms with Crippen LogP contribution in [0.3, 0.4) is 0 Å². The molecule has 0 unspecified atom stereocenters. The first-order valence-corrected chi connectivity index (χ1v) is 8.40. The van der Waals surface area contributed by atoms with Gasteiger partial charge in [-0.2, -0.15) is 17.4 Å². The number of nitrogens with zero attached hydrogens (tertiary/aromatic N) is 3. The Morgan fingerprint density at radius 1 is 1.35 bits per heavy atom. The Hall–Kier alpha value is -1.35. The van der Waals surface area contributed by atoms with Gasteiger partial charge < -0.3 is 0 Å². The fourth-order valence-electron chi connectivity index (χ4n) is 2.08. The van der Waals surface area contributed by atoms with Crippen LogP contribution in [-0.4, -0.2) is 36.3 Å². The highest BCUT2D eigenvalue weighted by Crippen LogP contribution is 2.33. The van der Waals surface area contributed by atoms with E-state index in [0.29, 0.717) is 6.54 Å². The molecule has 8 heteroatoms. The summed E-state index contributed by atoms with van der Waals surface area (Å²) in [5.74, 6) is 0. The van der Waals surface area contributed by atoms with Crippen LogP contribution in [0.1, 0.15) is 17.3 Å². The molecule has 6 nitrogen and oxygen atoms in total. The molecule has 1 N–H and O–H groups in total. The maximum atomic E-state index is 11.8. The largest absolute Gasteiger partial charge is 0.279 e. The summed E-state index contributed by atoms with van der Waals surface area (Å²) in [5, 5.41) is 0. The summed E-state index contributed by atoms with van der Waals surface area (Å²) >= 11 is 1.57. The average Bonchev–Trinajstić information content (AvgIpc) is 2.92. The van der Waals surface area contributed by atoms with Gasteiger partial charge in [0.2, 0.25) is 0 Å². The van der Waals surface area contributed by atoms with Gasteiger partial charge in [-0.1, -0.05) is 0 Å². The van der Waals surface area contributed by atoms with Gasteiger partial charge in [-0.15, -0.1) is 11.3 Å². The first-order chi connectivity index (χ1) is 9.56. The van der Waals surface area contributed by atoms with Crippen molar-refractivity contribution >= 4 is 21.5 Å². The molecule has 3 heterocycles. The molecule has 2 aromatic rings. The maximum absolute atomic E-state index is 11.8. The second-order valence-electron chi connectivity index (χ2n) is 4.61. The van der Waals surface area contributed by atoms with Gasteiger partial charge in [0.25, 0.3) is 10.2 Å². The molecule has 1 atom stereocenters. The molecular weight excluding hydrogens is 296 g/mol. The number of aromatic nitrogens is 2. The van der Waals surface area contributed by atoms with Crippen molar-refractivity contribution in [3.05, 3.63) is 35.7 Å². The summed E-state index contributed by atoms with van der Waals surface area (Å²) in [6, 6.07) is 3.79. The molecule has 0 aromatic carbocycles. The third kappa shape index (κ3) is 2.59. The molecule has 1 fully saturated rings. The number of nitrogens with one attached hydrogen (secondary N) is 1. The van der Waals surface area contributed by atoms with Crippen LogP contribution in [0.5, 0.6) is 0 Å². The minimum absolute atomic E-state index is 0.153. The topological polar surface area (TPSA) is 75.2 Å². The molecule has 0 spiro atoms. The third-order valence-corrected chi connectivity index (χ3v) is 6.08. The lowest BCUT2D eigenvalue weighted by Gasteiger charge is -2.29. The van der Waals surface area contributed by atoms with Gasteiger partial charge in [0.05, 0.1) is 6.04 Å². The van der Waals surface area contributed by atoms with Crippen LogP contribution in [-0.2, 0) is 10.2 Å². The zero-order chi connectivity index (χ0) is 14.2. The number of hydrogen-bond donors (Lipinski definition) is 1. The lowest BCUT2D eigenvalue weighted by molar-refractivity contribution is 0.384. The van der Waals surface area contributed by atoms with Gasteiger partial charge in [0.15, 0.2) is 0 Å². The van der Waals surface area contributed by atoms with E-state index in [2.05, 4.69) is 14.7 Å². The molecule has 0 aliphatic carbocycles. The summed E-state index contributed by atoms with van der Waals surface area (Å²) in [7, 11) is -1.77. The Balaban J connectivity index is 1.85. The van der Waals surface area contributed by atoms with E-state index in [1.165, 1.54) is 10.6 Å². The first kappa shape index (κ1) is 13.6. The summed E-state index contributed by atoms with van der Waals surface area (Å²) in [6.07, 6.45) is 5.76. The molecule has 0 radical (unpaired) electrons. The van der Waals surface area contributed by atoms with E-state index < -0.39 is 10.2 Å². The zero-order valence-corrected chi connectivity index (χ0v) is 12.5. The summed E-state index contributed by atoms with van der Waals surface area (Å²) in [6.45, 7) is 0.529. The van der Waals surface area contributed by atoms with Crippen molar-refractivity contribution < 1.29 is 8.42 Å². The number of thiophene rings is 1. The highest BCUT2D eigenvalue weighted by Gasteiger charge is 2.30. The van der Waals surface area contributed by atoms with Gasteiger partial charge in [-0.3, -0.25) is 0 Å². The molecule has 106 valence electrons. The number of hydrogen-bond acceptors (Lipinski definition) is 5. The molecular formula is C12H14N4O2S2. The predicted molar refractivity (Wildman–Crippen MR) is 77.4 cm³/mol. The van der Waals surface area contributed by atoms with Crippen LogP contribution >= 0.6 is 11.3 Å². The van der Waals surface area contributed by atoms with Gasteiger partial charge in [-0.05, 0) is 18.6 Å². The van der Waals surface area contributed by atoms with Crippen molar-refractivity contribution in [1.29, 1.82) is 0 Å². The fraction of sp³-hybridized carbons (Fsp3) is 0.333. The highest BCUT2D eigenvalue weighted by atomic mass is 32.2. The van der Waals surface area contributed by atoms with Crippen LogP contribution in [0, 0.1) is 0 Å².